The lowest BCUT2D eigenvalue weighted by Gasteiger charge is -2.16. The van der Waals surface area contributed by atoms with Gasteiger partial charge in [0.15, 0.2) is 0 Å². The van der Waals surface area contributed by atoms with Gasteiger partial charge in [0.25, 0.3) is 0 Å². The number of benzene rings is 2. The lowest BCUT2D eigenvalue weighted by molar-refractivity contribution is -0.138. The smallest absolute Gasteiger partial charge is 0.417 e. The van der Waals surface area contributed by atoms with Crippen molar-refractivity contribution in [3.05, 3.63) is 63.6 Å². The Morgan fingerprint density at radius 2 is 1.76 bits per heavy atom. The maximum atomic E-state index is 12.9. The summed E-state index contributed by atoms with van der Waals surface area (Å²) in [7, 11) is 1.48. The number of hydrogen-bond acceptors (Lipinski definition) is 2. The molecule has 1 unspecified atom stereocenters. The van der Waals surface area contributed by atoms with Crippen LogP contribution in [0.4, 0.5) is 13.2 Å². The van der Waals surface area contributed by atoms with Gasteiger partial charge in [0.2, 0.25) is 0 Å². The Kier molecular flexibility index (Phi) is 4.58. The van der Waals surface area contributed by atoms with E-state index in [1.807, 2.05) is 0 Å². The Bertz CT molecular complexity index is 641. The second-order valence-electron chi connectivity index (χ2n) is 4.42. The maximum Gasteiger partial charge on any atom is 0.417 e. The van der Waals surface area contributed by atoms with Crippen LogP contribution in [0.3, 0.4) is 0 Å². The predicted octanol–water partition coefficient (Wildman–Crippen LogP) is 4.56. The number of alkyl halides is 3. The first-order valence-corrected chi connectivity index (χ1v) is 6.81. The van der Waals surface area contributed by atoms with E-state index in [0.29, 0.717) is 11.3 Å². The summed E-state index contributed by atoms with van der Waals surface area (Å²) in [4.78, 5) is 0. The maximum absolute atomic E-state index is 12.9. The molecule has 0 spiro atoms. The summed E-state index contributed by atoms with van der Waals surface area (Å²) in [5.74, 6) is 0.528. The van der Waals surface area contributed by atoms with Gasteiger partial charge < -0.3 is 9.84 Å². The molecule has 0 aliphatic carbocycles. The molecule has 2 aromatic carbocycles. The van der Waals surface area contributed by atoms with E-state index in [1.165, 1.54) is 19.2 Å². The van der Waals surface area contributed by atoms with Gasteiger partial charge in [0.1, 0.15) is 11.9 Å². The summed E-state index contributed by atoms with van der Waals surface area (Å²) in [6.07, 6.45) is -5.64. The lowest BCUT2D eigenvalue weighted by Crippen LogP contribution is -2.08. The molecule has 2 rings (SSSR count). The summed E-state index contributed by atoms with van der Waals surface area (Å²) in [5, 5.41) is 10.3. The van der Waals surface area contributed by atoms with Crippen molar-refractivity contribution in [3.63, 3.8) is 0 Å². The molecule has 0 saturated carbocycles. The van der Waals surface area contributed by atoms with Crippen molar-refractivity contribution in [2.45, 2.75) is 12.3 Å². The number of ether oxygens (including phenoxy) is 1. The van der Waals surface area contributed by atoms with Crippen LogP contribution in [0.25, 0.3) is 0 Å². The van der Waals surface area contributed by atoms with Crippen LogP contribution >= 0.6 is 15.9 Å². The summed E-state index contributed by atoms with van der Waals surface area (Å²) >= 11 is 2.87. The van der Waals surface area contributed by atoms with Gasteiger partial charge in [-0.05, 0) is 35.4 Å². The summed E-state index contributed by atoms with van der Waals surface area (Å²) in [5.41, 5.74) is -0.189. The Morgan fingerprint density at radius 3 is 2.38 bits per heavy atom. The van der Waals surface area contributed by atoms with Crippen molar-refractivity contribution in [2.75, 3.05) is 7.11 Å². The number of halogens is 4. The minimum Gasteiger partial charge on any atom is -0.497 e. The number of aliphatic hydroxyl groups excluding tert-OH is 1. The van der Waals surface area contributed by atoms with Crippen LogP contribution in [0.1, 0.15) is 22.8 Å². The van der Waals surface area contributed by atoms with E-state index in [9.17, 15) is 18.3 Å². The third kappa shape index (κ3) is 3.57. The largest absolute Gasteiger partial charge is 0.497 e. The normalized spacial score (nSPS) is 13.0. The molecule has 0 aliphatic heterocycles. The second-order valence-corrected chi connectivity index (χ2v) is 5.27. The van der Waals surface area contributed by atoms with E-state index >= 15 is 0 Å². The van der Waals surface area contributed by atoms with Crippen molar-refractivity contribution in [1.29, 1.82) is 0 Å². The zero-order valence-corrected chi connectivity index (χ0v) is 12.6. The van der Waals surface area contributed by atoms with Crippen molar-refractivity contribution in [1.82, 2.24) is 0 Å². The standard InChI is InChI=1S/C15H12BrF3O2/c1-21-11-4-2-3-9(7-11)14(20)10-5-6-13(16)12(8-10)15(17,18)19/h2-8,14,20H,1H3. The third-order valence-electron chi connectivity index (χ3n) is 3.02. The first kappa shape index (κ1) is 15.9. The molecular formula is C15H12BrF3O2. The van der Waals surface area contributed by atoms with Crippen LogP contribution in [0, 0.1) is 0 Å². The van der Waals surface area contributed by atoms with E-state index in [-0.39, 0.29) is 10.0 Å². The van der Waals surface area contributed by atoms with Gasteiger partial charge in [-0.15, -0.1) is 0 Å². The molecule has 1 N–H and O–H groups in total. The fourth-order valence-electron chi connectivity index (χ4n) is 1.93. The second kappa shape index (κ2) is 6.07. The topological polar surface area (TPSA) is 29.5 Å². The molecule has 0 bridgehead atoms. The lowest BCUT2D eigenvalue weighted by atomic mass is 9.99. The van der Waals surface area contributed by atoms with Gasteiger partial charge in [-0.25, -0.2) is 0 Å². The molecule has 0 saturated heterocycles. The Hall–Kier alpha value is -1.53. The average molecular weight is 361 g/mol. The molecule has 2 nitrogen and oxygen atoms in total. The van der Waals surface area contributed by atoms with E-state index in [1.54, 1.807) is 24.3 Å². The van der Waals surface area contributed by atoms with E-state index < -0.39 is 17.8 Å². The molecule has 0 aliphatic rings. The van der Waals surface area contributed by atoms with E-state index in [4.69, 9.17) is 4.74 Å². The van der Waals surface area contributed by atoms with Gasteiger partial charge in [-0.1, -0.05) is 34.1 Å². The highest BCUT2D eigenvalue weighted by Crippen LogP contribution is 2.37. The molecule has 0 radical (unpaired) electrons. The SMILES string of the molecule is COc1cccc(C(O)c2ccc(Br)c(C(F)(F)F)c2)c1. The zero-order chi connectivity index (χ0) is 15.6. The highest BCUT2D eigenvalue weighted by molar-refractivity contribution is 9.10. The predicted molar refractivity (Wildman–Crippen MR) is 76.2 cm³/mol. The zero-order valence-electron chi connectivity index (χ0n) is 11.0. The summed E-state index contributed by atoms with van der Waals surface area (Å²) in [6, 6.07) is 10.2. The molecule has 0 amide bonds. The van der Waals surface area contributed by atoms with Crippen molar-refractivity contribution in [2.24, 2.45) is 0 Å². The van der Waals surface area contributed by atoms with Gasteiger partial charge in [0, 0.05) is 4.47 Å². The fraction of sp³-hybridized carbons (Fsp3) is 0.200. The fourth-order valence-corrected chi connectivity index (χ4v) is 2.41. The summed E-state index contributed by atoms with van der Waals surface area (Å²) in [6.45, 7) is 0. The van der Waals surface area contributed by atoms with Crippen molar-refractivity contribution < 1.29 is 23.0 Å². The van der Waals surface area contributed by atoms with Gasteiger partial charge in [-0.2, -0.15) is 13.2 Å². The molecule has 1 atom stereocenters. The van der Waals surface area contributed by atoms with E-state index in [2.05, 4.69) is 15.9 Å². The van der Waals surface area contributed by atoms with Crippen molar-refractivity contribution in [3.8, 4) is 5.75 Å². The van der Waals surface area contributed by atoms with Crippen molar-refractivity contribution >= 4 is 15.9 Å². The number of rotatable bonds is 3. The highest BCUT2D eigenvalue weighted by atomic mass is 79.9. The molecule has 2 aromatic rings. The molecule has 0 fully saturated rings. The first-order chi connectivity index (χ1) is 9.82. The van der Waals surface area contributed by atoms with Crippen LogP contribution in [-0.2, 0) is 6.18 Å². The number of aliphatic hydroxyl groups is 1. The quantitative estimate of drug-likeness (QED) is 0.869. The third-order valence-corrected chi connectivity index (χ3v) is 3.71. The van der Waals surface area contributed by atoms with Crippen LogP contribution in [0.2, 0.25) is 0 Å². The Morgan fingerprint density at radius 1 is 1.10 bits per heavy atom. The molecular weight excluding hydrogens is 349 g/mol. The molecule has 21 heavy (non-hydrogen) atoms. The minimum atomic E-state index is -4.48. The summed E-state index contributed by atoms with van der Waals surface area (Å²) < 4.78 is 43.6. The monoisotopic (exact) mass is 360 g/mol. The van der Waals surface area contributed by atoms with Gasteiger partial charge in [0.05, 0.1) is 12.7 Å². The van der Waals surface area contributed by atoms with Gasteiger partial charge in [-0.3, -0.25) is 0 Å². The number of methoxy groups -OCH3 is 1. The van der Waals surface area contributed by atoms with Crippen LogP contribution in [0.15, 0.2) is 46.9 Å². The minimum absolute atomic E-state index is 0.0587. The number of hydrogen-bond donors (Lipinski definition) is 1. The van der Waals surface area contributed by atoms with E-state index in [0.717, 1.165) is 6.07 Å². The Labute approximate surface area is 128 Å². The van der Waals surface area contributed by atoms with Gasteiger partial charge >= 0.3 is 6.18 Å². The average Bonchev–Trinajstić information content (AvgIpc) is 2.46. The first-order valence-electron chi connectivity index (χ1n) is 6.01. The molecule has 0 aromatic heterocycles. The molecule has 112 valence electrons. The Balaban J connectivity index is 2.41. The molecule has 6 heteroatoms. The molecule has 0 heterocycles. The van der Waals surface area contributed by atoms with Crippen LogP contribution in [-0.4, -0.2) is 12.2 Å². The highest BCUT2D eigenvalue weighted by Gasteiger charge is 2.33. The van der Waals surface area contributed by atoms with Crippen LogP contribution in [0.5, 0.6) is 5.75 Å². The van der Waals surface area contributed by atoms with Crippen LogP contribution < -0.4 is 4.74 Å².